The summed E-state index contributed by atoms with van der Waals surface area (Å²) >= 11 is 1.08. The van der Waals surface area contributed by atoms with Crippen molar-refractivity contribution < 1.29 is 14.7 Å². The lowest BCUT2D eigenvalue weighted by Crippen LogP contribution is -2.37. The fraction of sp³-hybridized carbons (Fsp3) is 0.643. The summed E-state index contributed by atoms with van der Waals surface area (Å²) in [7, 11) is 0. The first-order valence-electron chi connectivity index (χ1n) is 7.09. The molecule has 0 unspecified atom stereocenters. The van der Waals surface area contributed by atoms with Crippen LogP contribution in [0.1, 0.15) is 65.7 Å². The molecule has 0 spiro atoms. The quantitative estimate of drug-likeness (QED) is 0.875. The first kappa shape index (κ1) is 15.0. The zero-order valence-electron chi connectivity index (χ0n) is 11.6. The van der Waals surface area contributed by atoms with E-state index in [0.29, 0.717) is 0 Å². The highest BCUT2D eigenvalue weighted by atomic mass is 32.1. The third kappa shape index (κ3) is 3.79. The van der Waals surface area contributed by atoms with Crippen molar-refractivity contribution >= 4 is 23.2 Å². The molecule has 2 N–H and O–H groups in total. The molecule has 1 fully saturated rings. The number of nitrogens with zero attached hydrogens (tertiary/aromatic N) is 1. The van der Waals surface area contributed by atoms with Gasteiger partial charge in [0.15, 0.2) is 10.7 Å². The summed E-state index contributed by atoms with van der Waals surface area (Å²) in [5.41, 5.74) is -0.0631. The van der Waals surface area contributed by atoms with Crippen molar-refractivity contribution in [2.45, 2.75) is 51.5 Å². The number of nitrogens with one attached hydrogen (secondary N) is 1. The van der Waals surface area contributed by atoms with Crippen LogP contribution in [-0.4, -0.2) is 28.0 Å². The molecule has 1 aromatic heterocycles. The fourth-order valence-corrected chi connectivity index (χ4v) is 3.42. The van der Waals surface area contributed by atoms with Crippen molar-refractivity contribution in [3.8, 4) is 0 Å². The monoisotopic (exact) mass is 296 g/mol. The maximum atomic E-state index is 12.0. The topological polar surface area (TPSA) is 79.3 Å². The van der Waals surface area contributed by atoms with Crippen LogP contribution in [0.5, 0.6) is 0 Å². The third-order valence-electron chi connectivity index (χ3n) is 3.80. The highest BCUT2D eigenvalue weighted by Gasteiger charge is 2.23. The largest absolute Gasteiger partial charge is 0.476 e. The maximum absolute atomic E-state index is 12.0. The van der Waals surface area contributed by atoms with Crippen LogP contribution >= 0.6 is 11.3 Å². The van der Waals surface area contributed by atoms with Gasteiger partial charge in [0.05, 0.1) is 0 Å². The van der Waals surface area contributed by atoms with Crippen LogP contribution in [0.3, 0.4) is 0 Å². The van der Waals surface area contributed by atoms with Crippen LogP contribution in [0.25, 0.3) is 0 Å². The van der Waals surface area contributed by atoms with Gasteiger partial charge in [-0.2, -0.15) is 0 Å². The molecule has 20 heavy (non-hydrogen) atoms. The van der Waals surface area contributed by atoms with Gasteiger partial charge in [0.2, 0.25) is 0 Å². The fourth-order valence-electron chi connectivity index (χ4n) is 2.73. The van der Waals surface area contributed by atoms with Crippen molar-refractivity contribution in [3.05, 3.63) is 16.1 Å². The summed E-state index contributed by atoms with van der Waals surface area (Å²) in [6, 6.07) is 0.202. The van der Waals surface area contributed by atoms with Crippen LogP contribution in [-0.2, 0) is 0 Å². The van der Waals surface area contributed by atoms with E-state index in [1.807, 2.05) is 0 Å². The van der Waals surface area contributed by atoms with Crippen LogP contribution in [0.2, 0.25) is 0 Å². The van der Waals surface area contributed by atoms with Crippen LogP contribution < -0.4 is 5.32 Å². The van der Waals surface area contributed by atoms with Crippen molar-refractivity contribution in [1.29, 1.82) is 0 Å². The summed E-state index contributed by atoms with van der Waals surface area (Å²) < 4.78 is 0. The molecule has 1 heterocycles. The van der Waals surface area contributed by atoms with Crippen LogP contribution in [0.4, 0.5) is 0 Å². The molecule has 5 nitrogen and oxygen atoms in total. The number of carboxylic acid groups (broad SMARTS) is 1. The Hall–Kier alpha value is -1.43. The lowest BCUT2D eigenvalue weighted by Gasteiger charge is -2.28. The molecule has 1 aliphatic rings. The number of rotatable bonds is 5. The summed E-state index contributed by atoms with van der Waals surface area (Å²) in [6.45, 7) is 2.20. The number of hydrogen-bond donors (Lipinski definition) is 2. The minimum atomic E-state index is -1.10. The van der Waals surface area contributed by atoms with E-state index in [1.54, 1.807) is 0 Å². The second kappa shape index (κ2) is 6.83. The number of aromatic carboxylic acids is 1. The molecule has 1 amide bonds. The van der Waals surface area contributed by atoms with Crippen LogP contribution in [0.15, 0.2) is 5.38 Å². The Bertz CT molecular complexity index is 479. The molecule has 0 bridgehead atoms. The van der Waals surface area contributed by atoms with E-state index in [4.69, 9.17) is 5.11 Å². The molecule has 110 valence electrons. The molecule has 0 saturated heterocycles. The van der Waals surface area contributed by atoms with E-state index in [1.165, 1.54) is 18.2 Å². The average Bonchev–Trinajstić information content (AvgIpc) is 2.91. The van der Waals surface area contributed by atoms with Crippen molar-refractivity contribution in [2.24, 2.45) is 5.92 Å². The third-order valence-corrected chi connectivity index (χ3v) is 4.64. The Morgan fingerprint density at radius 1 is 1.40 bits per heavy atom. The first-order chi connectivity index (χ1) is 9.60. The lowest BCUT2D eigenvalue weighted by atomic mass is 9.83. The molecule has 2 rings (SSSR count). The average molecular weight is 296 g/mol. The number of aromatic nitrogens is 1. The van der Waals surface area contributed by atoms with E-state index in [-0.39, 0.29) is 22.7 Å². The van der Waals surface area contributed by atoms with E-state index < -0.39 is 5.97 Å². The Morgan fingerprint density at radius 2 is 2.10 bits per heavy atom. The SMILES string of the molecule is CCCC1CCC(NC(=O)c2nc(C(=O)O)cs2)CC1. The highest BCUT2D eigenvalue weighted by molar-refractivity contribution is 7.11. The number of carboxylic acids is 1. The molecule has 0 aliphatic heterocycles. The predicted molar refractivity (Wildman–Crippen MR) is 77.2 cm³/mol. The van der Waals surface area contributed by atoms with Gasteiger partial charge in [0, 0.05) is 11.4 Å². The molecule has 1 saturated carbocycles. The summed E-state index contributed by atoms with van der Waals surface area (Å²) in [4.78, 5) is 26.6. The number of carbonyl (C=O) groups is 2. The van der Waals surface area contributed by atoms with Crippen molar-refractivity contribution in [1.82, 2.24) is 10.3 Å². The van der Waals surface area contributed by atoms with Gasteiger partial charge in [-0.15, -0.1) is 11.3 Å². The summed E-state index contributed by atoms with van der Waals surface area (Å²) in [5, 5.41) is 13.4. The van der Waals surface area contributed by atoms with E-state index in [2.05, 4.69) is 17.2 Å². The number of carbonyl (C=O) groups excluding carboxylic acids is 1. The Kier molecular flexibility index (Phi) is 5.11. The second-order valence-corrected chi connectivity index (χ2v) is 6.18. The van der Waals surface area contributed by atoms with Gasteiger partial charge in [-0.3, -0.25) is 4.79 Å². The smallest absolute Gasteiger partial charge is 0.355 e. The zero-order valence-corrected chi connectivity index (χ0v) is 12.4. The Balaban J connectivity index is 1.84. The molecule has 6 heteroatoms. The van der Waals surface area contributed by atoms with Crippen LogP contribution in [0, 0.1) is 5.92 Å². The zero-order chi connectivity index (χ0) is 14.5. The Morgan fingerprint density at radius 3 is 2.65 bits per heavy atom. The van der Waals surface area contributed by atoms with Gasteiger partial charge in [-0.25, -0.2) is 9.78 Å². The van der Waals surface area contributed by atoms with Crippen molar-refractivity contribution in [3.63, 3.8) is 0 Å². The lowest BCUT2D eigenvalue weighted by molar-refractivity contribution is 0.0691. The predicted octanol–water partition coefficient (Wildman–Crippen LogP) is 2.93. The normalized spacial score (nSPS) is 22.4. The van der Waals surface area contributed by atoms with Gasteiger partial charge < -0.3 is 10.4 Å². The molecule has 0 aromatic carbocycles. The minimum absolute atomic E-state index is 0.0631. The molecule has 0 atom stereocenters. The van der Waals surface area contributed by atoms with Gasteiger partial charge >= 0.3 is 5.97 Å². The van der Waals surface area contributed by atoms with E-state index in [0.717, 1.165) is 42.9 Å². The number of amides is 1. The van der Waals surface area contributed by atoms with Gasteiger partial charge in [-0.1, -0.05) is 19.8 Å². The minimum Gasteiger partial charge on any atom is -0.476 e. The second-order valence-electron chi connectivity index (χ2n) is 5.32. The number of thiazole rings is 1. The van der Waals surface area contributed by atoms with Gasteiger partial charge in [0.25, 0.3) is 5.91 Å². The maximum Gasteiger partial charge on any atom is 0.355 e. The molecular formula is C14H20N2O3S. The first-order valence-corrected chi connectivity index (χ1v) is 7.97. The van der Waals surface area contributed by atoms with E-state index >= 15 is 0 Å². The highest BCUT2D eigenvalue weighted by Crippen LogP contribution is 2.27. The summed E-state index contributed by atoms with van der Waals surface area (Å²) in [6.07, 6.45) is 6.84. The van der Waals surface area contributed by atoms with Gasteiger partial charge in [-0.05, 0) is 31.6 Å². The molecule has 1 aliphatic carbocycles. The summed E-state index contributed by atoms with van der Waals surface area (Å²) in [5.74, 6) is -0.548. The number of hydrogen-bond acceptors (Lipinski definition) is 4. The molecule has 0 radical (unpaired) electrons. The Labute approximate surface area is 122 Å². The molecular weight excluding hydrogens is 276 g/mol. The standard InChI is InChI=1S/C14H20N2O3S/c1-2-3-9-4-6-10(7-5-9)15-12(17)13-16-11(8-20-13)14(18)19/h8-10H,2-7H2,1H3,(H,15,17)(H,18,19). The van der Waals surface area contributed by atoms with Crippen molar-refractivity contribution in [2.75, 3.05) is 0 Å². The molecule has 1 aromatic rings. The van der Waals surface area contributed by atoms with Gasteiger partial charge in [0.1, 0.15) is 0 Å². The van der Waals surface area contributed by atoms with E-state index in [9.17, 15) is 9.59 Å².